The molecule has 0 spiro atoms. The standard InChI is InChI=1S/C11H16O4/c1-5-11(4)9-8(7(6-12)13-11)14-10(2,3)15-9/h1,7-9,12H,6H2,2-4H3. The van der Waals surface area contributed by atoms with Gasteiger partial charge >= 0.3 is 0 Å². The van der Waals surface area contributed by atoms with Crippen molar-refractivity contribution < 1.29 is 19.3 Å². The fourth-order valence-electron chi connectivity index (χ4n) is 2.19. The van der Waals surface area contributed by atoms with Crippen LogP contribution in [0.3, 0.4) is 0 Å². The Morgan fingerprint density at radius 3 is 2.47 bits per heavy atom. The third-order valence-corrected chi connectivity index (χ3v) is 2.90. The molecule has 2 aliphatic heterocycles. The number of aliphatic hydroxyl groups excluding tert-OH is 1. The van der Waals surface area contributed by atoms with Gasteiger partial charge in [-0.1, -0.05) is 5.92 Å². The van der Waals surface area contributed by atoms with Crippen LogP contribution in [0.1, 0.15) is 20.8 Å². The fraction of sp³-hybridized carbons (Fsp3) is 0.818. The van der Waals surface area contributed by atoms with E-state index >= 15 is 0 Å². The monoisotopic (exact) mass is 212 g/mol. The Bertz CT molecular complexity index is 306. The van der Waals surface area contributed by atoms with E-state index in [1.54, 1.807) is 6.92 Å². The van der Waals surface area contributed by atoms with Crippen molar-refractivity contribution >= 4 is 0 Å². The van der Waals surface area contributed by atoms with Crippen molar-refractivity contribution in [2.75, 3.05) is 6.61 Å². The molecular formula is C11H16O4. The molecule has 2 aliphatic rings. The number of aliphatic hydroxyl groups is 1. The number of hydrogen-bond donors (Lipinski definition) is 1. The van der Waals surface area contributed by atoms with Gasteiger partial charge in [0.25, 0.3) is 0 Å². The van der Waals surface area contributed by atoms with Crippen LogP contribution in [0.5, 0.6) is 0 Å². The van der Waals surface area contributed by atoms with Crippen LogP contribution in [0.25, 0.3) is 0 Å². The van der Waals surface area contributed by atoms with Gasteiger partial charge in [0, 0.05) is 0 Å². The normalized spacial score (nSPS) is 47.5. The van der Waals surface area contributed by atoms with Crippen LogP contribution in [0.4, 0.5) is 0 Å². The molecule has 4 heteroatoms. The van der Waals surface area contributed by atoms with Crippen molar-refractivity contribution in [1.29, 1.82) is 0 Å². The minimum absolute atomic E-state index is 0.113. The van der Waals surface area contributed by atoms with E-state index in [0.29, 0.717) is 0 Å². The SMILES string of the molecule is C#CC1(C)OC(CO)C2OC(C)(C)OC21. The zero-order valence-electron chi connectivity index (χ0n) is 9.19. The Kier molecular flexibility index (Phi) is 2.32. The van der Waals surface area contributed by atoms with Gasteiger partial charge in [0.1, 0.15) is 18.3 Å². The van der Waals surface area contributed by atoms with Gasteiger partial charge in [-0.15, -0.1) is 6.42 Å². The van der Waals surface area contributed by atoms with Crippen LogP contribution < -0.4 is 0 Å². The van der Waals surface area contributed by atoms with Crippen LogP contribution in [0.15, 0.2) is 0 Å². The van der Waals surface area contributed by atoms with E-state index in [9.17, 15) is 5.11 Å². The number of rotatable bonds is 1. The summed E-state index contributed by atoms with van der Waals surface area (Å²) >= 11 is 0. The molecule has 0 saturated carbocycles. The Balaban J connectivity index is 2.28. The largest absolute Gasteiger partial charge is 0.394 e. The molecule has 15 heavy (non-hydrogen) atoms. The number of fused-ring (bicyclic) bond motifs is 1. The number of ether oxygens (including phenoxy) is 3. The zero-order chi connectivity index (χ0) is 11.3. The molecule has 4 unspecified atom stereocenters. The Morgan fingerprint density at radius 2 is 1.93 bits per heavy atom. The first-order chi connectivity index (χ1) is 6.92. The first-order valence-electron chi connectivity index (χ1n) is 5.04. The maximum Gasteiger partial charge on any atom is 0.164 e. The van der Waals surface area contributed by atoms with Crippen molar-refractivity contribution in [2.45, 2.75) is 50.5 Å². The summed E-state index contributed by atoms with van der Waals surface area (Å²) in [5.74, 6) is 1.91. The van der Waals surface area contributed by atoms with Gasteiger partial charge in [0.2, 0.25) is 0 Å². The van der Waals surface area contributed by atoms with Crippen LogP contribution in [-0.4, -0.2) is 41.4 Å². The van der Waals surface area contributed by atoms with Crippen LogP contribution in [-0.2, 0) is 14.2 Å². The molecule has 0 radical (unpaired) electrons. The minimum Gasteiger partial charge on any atom is -0.394 e. The molecule has 2 fully saturated rings. The third-order valence-electron chi connectivity index (χ3n) is 2.90. The first kappa shape index (κ1) is 10.9. The molecule has 2 saturated heterocycles. The summed E-state index contributed by atoms with van der Waals surface area (Å²) in [5.41, 5.74) is -0.814. The average Bonchev–Trinajstić information content (AvgIpc) is 2.61. The van der Waals surface area contributed by atoms with Crippen LogP contribution in [0, 0.1) is 12.3 Å². The lowest BCUT2D eigenvalue weighted by molar-refractivity contribution is -0.198. The molecule has 4 atom stereocenters. The van der Waals surface area contributed by atoms with E-state index in [1.165, 1.54) is 0 Å². The molecule has 2 rings (SSSR count). The van der Waals surface area contributed by atoms with E-state index in [0.717, 1.165) is 0 Å². The molecule has 0 bridgehead atoms. The van der Waals surface area contributed by atoms with Gasteiger partial charge in [-0.3, -0.25) is 0 Å². The lowest BCUT2D eigenvalue weighted by atomic mass is 9.98. The molecular weight excluding hydrogens is 196 g/mol. The van der Waals surface area contributed by atoms with Gasteiger partial charge in [-0.05, 0) is 20.8 Å². The lowest BCUT2D eigenvalue weighted by Gasteiger charge is -2.26. The quantitative estimate of drug-likeness (QED) is 0.635. The summed E-state index contributed by atoms with van der Waals surface area (Å²) in [4.78, 5) is 0. The Labute approximate surface area is 89.5 Å². The highest BCUT2D eigenvalue weighted by molar-refractivity contribution is 5.19. The van der Waals surface area contributed by atoms with Gasteiger partial charge in [0.05, 0.1) is 6.61 Å². The second-order valence-electron chi connectivity index (χ2n) is 4.61. The average molecular weight is 212 g/mol. The van der Waals surface area contributed by atoms with Crippen LogP contribution >= 0.6 is 0 Å². The molecule has 0 aromatic heterocycles. The van der Waals surface area contributed by atoms with E-state index in [1.807, 2.05) is 13.8 Å². The van der Waals surface area contributed by atoms with E-state index in [-0.39, 0.29) is 18.8 Å². The van der Waals surface area contributed by atoms with Crippen molar-refractivity contribution in [2.24, 2.45) is 0 Å². The molecule has 84 valence electrons. The van der Waals surface area contributed by atoms with E-state index in [2.05, 4.69) is 5.92 Å². The predicted molar refractivity (Wildman–Crippen MR) is 53.0 cm³/mol. The maximum atomic E-state index is 9.18. The highest BCUT2D eigenvalue weighted by atomic mass is 16.8. The smallest absolute Gasteiger partial charge is 0.164 e. The minimum atomic E-state index is -0.814. The first-order valence-corrected chi connectivity index (χ1v) is 5.04. The van der Waals surface area contributed by atoms with E-state index < -0.39 is 17.5 Å². The molecule has 4 nitrogen and oxygen atoms in total. The summed E-state index contributed by atoms with van der Waals surface area (Å²) in [6.45, 7) is 5.33. The maximum absolute atomic E-state index is 9.18. The number of terminal acetylenes is 1. The van der Waals surface area contributed by atoms with Crippen molar-refractivity contribution in [1.82, 2.24) is 0 Å². The Hall–Kier alpha value is -0.600. The van der Waals surface area contributed by atoms with Crippen molar-refractivity contribution in [3.63, 3.8) is 0 Å². The number of hydrogen-bond acceptors (Lipinski definition) is 4. The van der Waals surface area contributed by atoms with Gasteiger partial charge < -0.3 is 19.3 Å². The zero-order valence-corrected chi connectivity index (χ0v) is 9.19. The highest BCUT2D eigenvalue weighted by Crippen LogP contribution is 2.43. The summed E-state index contributed by atoms with van der Waals surface area (Å²) in [6, 6.07) is 0. The molecule has 2 heterocycles. The lowest BCUT2D eigenvalue weighted by Crippen LogP contribution is -2.39. The van der Waals surface area contributed by atoms with Gasteiger partial charge in [-0.25, -0.2) is 0 Å². The van der Waals surface area contributed by atoms with Gasteiger partial charge in [-0.2, -0.15) is 0 Å². The highest BCUT2D eigenvalue weighted by Gasteiger charge is 2.60. The molecule has 0 amide bonds. The molecule has 0 aromatic rings. The predicted octanol–water partition coefficient (Wildman–Crippen LogP) is 0.289. The summed E-state index contributed by atoms with van der Waals surface area (Å²) in [6.07, 6.45) is 4.44. The van der Waals surface area contributed by atoms with Gasteiger partial charge in [0.15, 0.2) is 11.4 Å². The van der Waals surface area contributed by atoms with Crippen LogP contribution in [0.2, 0.25) is 0 Å². The summed E-state index contributed by atoms with van der Waals surface area (Å²) < 4.78 is 17.0. The van der Waals surface area contributed by atoms with Crippen molar-refractivity contribution in [3.8, 4) is 12.3 Å². The second-order valence-corrected chi connectivity index (χ2v) is 4.61. The Morgan fingerprint density at radius 1 is 1.27 bits per heavy atom. The summed E-state index contributed by atoms with van der Waals surface area (Å²) in [5, 5.41) is 9.18. The van der Waals surface area contributed by atoms with E-state index in [4.69, 9.17) is 20.6 Å². The molecule has 0 aliphatic carbocycles. The van der Waals surface area contributed by atoms with Crippen molar-refractivity contribution in [3.05, 3.63) is 0 Å². The molecule has 0 aromatic carbocycles. The topological polar surface area (TPSA) is 47.9 Å². The second kappa shape index (κ2) is 3.19. The third kappa shape index (κ3) is 1.56. The summed E-state index contributed by atoms with van der Waals surface area (Å²) in [7, 11) is 0. The molecule has 1 N–H and O–H groups in total. The fourth-order valence-corrected chi connectivity index (χ4v) is 2.19.